The number of anilines is 1. The van der Waals surface area contributed by atoms with Crippen LogP contribution < -0.4 is 20.9 Å². The van der Waals surface area contributed by atoms with Gasteiger partial charge in [-0.1, -0.05) is 6.92 Å². The number of hydrogen-bond donors (Lipinski definition) is 3. The first-order valence-electron chi connectivity index (χ1n) is 8.57. The summed E-state index contributed by atoms with van der Waals surface area (Å²) in [7, 11) is 0. The Morgan fingerprint density at radius 3 is 2.76 bits per heavy atom. The molecule has 3 N–H and O–H groups in total. The van der Waals surface area contributed by atoms with Crippen molar-refractivity contribution < 1.29 is 14.4 Å². The third-order valence-electron chi connectivity index (χ3n) is 4.23. The van der Waals surface area contributed by atoms with Crippen molar-refractivity contribution in [2.24, 2.45) is 0 Å². The van der Waals surface area contributed by atoms with Crippen LogP contribution in [0.4, 0.5) is 5.69 Å². The molecule has 1 unspecified atom stereocenters. The van der Waals surface area contributed by atoms with Crippen molar-refractivity contribution >= 4 is 23.9 Å². The molecule has 8 heteroatoms. The fourth-order valence-electron chi connectivity index (χ4n) is 2.84. The maximum atomic E-state index is 10.8. The molecule has 1 aromatic rings. The zero-order chi connectivity index (χ0) is 18.1. The number of carbonyl (C=O) groups excluding carboxylic acids is 3. The molecule has 3 heterocycles. The summed E-state index contributed by atoms with van der Waals surface area (Å²) in [4.78, 5) is 38.0. The van der Waals surface area contributed by atoms with Crippen molar-refractivity contribution in [2.75, 3.05) is 31.1 Å². The van der Waals surface area contributed by atoms with Gasteiger partial charge in [0.2, 0.25) is 18.2 Å². The molecule has 2 aliphatic rings. The van der Waals surface area contributed by atoms with Crippen molar-refractivity contribution in [3.63, 3.8) is 0 Å². The molecule has 8 nitrogen and oxygen atoms in total. The molecule has 136 valence electrons. The maximum Gasteiger partial charge on any atom is 0.249 e. The van der Waals surface area contributed by atoms with Crippen LogP contribution in [0.2, 0.25) is 0 Å². The normalized spacial score (nSPS) is 20.2. The van der Waals surface area contributed by atoms with Gasteiger partial charge in [-0.3, -0.25) is 24.7 Å². The largest absolute Gasteiger partial charge is 0.368 e. The average molecular weight is 347 g/mol. The first kappa shape index (κ1) is 18.9. The number of nitrogens with one attached hydrogen (secondary N) is 3. The second-order valence-electron chi connectivity index (χ2n) is 5.88. The number of piperazine rings is 1. The van der Waals surface area contributed by atoms with E-state index in [-0.39, 0.29) is 12.3 Å². The van der Waals surface area contributed by atoms with Crippen LogP contribution in [0.25, 0.3) is 0 Å². The Balaban J connectivity index is 0.000000186. The Kier molecular flexibility index (Phi) is 7.34. The molecule has 1 atom stereocenters. The highest BCUT2D eigenvalue weighted by molar-refractivity contribution is 6.00. The minimum absolute atomic E-state index is 0.279. The molecule has 1 aromatic heterocycles. The minimum atomic E-state index is -0.537. The molecule has 25 heavy (non-hydrogen) atoms. The van der Waals surface area contributed by atoms with Crippen molar-refractivity contribution in [3.8, 4) is 0 Å². The SMILES string of the molecule is CCc1ccncc1N1CCNCC1.O=CNC1CCC(=O)NC1=O. The predicted molar refractivity (Wildman–Crippen MR) is 94.1 cm³/mol. The Morgan fingerprint density at radius 2 is 2.12 bits per heavy atom. The Bertz CT molecular complexity index is 602. The van der Waals surface area contributed by atoms with Crippen LogP contribution in [-0.4, -0.2) is 55.4 Å². The van der Waals surface area contributed by atoms with Gasteiger partial charge in [0.1, 0.15) is 6.04 Å². The molecule has 0 bridgehead atoms. The van der Waals surface area contributed by atoms with E-state index in [4.69, 9.17) is 0 Å². The fraction of sp³-hybridized carbons (Fsp3) is 0.529. The number of hydrogen-bond acceptors (Lipinski definition) is 6. The molecule has 0 spiro atoms. The van der Waals surface area contributed by atoms with E-state index in [0.717, 1.165) is 32.6 Å². The third-order valence-corrected chi connectivity index (χ3v) is 4.23. The molecular weight excluding hydrogens is 322 g/mol. The van der Waals surface area contributed by atoms with Crippen LogP contribution in [0.1, 0.15) is 25.3 Å². The molecule has 2 fully saturated rings. The van der Waals surface area contributed by atoms with Crippen LogP contribution >= 0.6 is 0 Å². The number of pyridine rings is 1. The monoisotopic (exact) mass is 347 g/mol. The lowest BCUT2D eigenvalue weighted by Crippen LogP contribution is -2.50. The van der Waals surface area contributed by atoms with Crippen molar-refractivity contribution in [2.45, 2.75) is 32.2 Å². The summed E-state index contributed by atoms with van der Waals surface area (Å²) in [5, 5.41) is 7.78. The number of amides is 3. The quantitative estimate of drug-likeness (QED) is 0.505. The average Bonchev–Trinajstić information content (AvgIpc) is 2.65. The fourth-order valence-corrected chi connectivity index (χ4v) is 2.84. The molecular formula is C17H25N5O3. The van der Waals surface area contributed by atoms with Gasteiger partial charge < -0.3 is 15.5 Å². The zero-order valence-electron chi connectivity index (χ0n) is 14.5. The lowest BCUT2D eigenvalue weighted by atomic mass is 10.1. The maximum absolute atomic E-state index is 10.8. The van der Waals surface area contributed by atoms with Crippen molar-refractivity contribution in [1.29, 1.82) is 0 Å². The van der Waals surface area contributed by atoms with Gasteiger partial charge in [-0.25, -0.2) is 0 Å². The number of piperidine rings is 1. The van der Waals surface area contributed by atoms with E-state index in [9.17, 15) is 14.4 Å². The van der Waals surface area contributed by atoms with E-state index in [1.165, 1.54) is 11.3 Å². The summed E-state index contributed by atoms with van der Waals surface area (Å²) in [6.45, 7) is 6.55. The van der Waals surface area contributed by atoms with Crippen LogP contribution in [0.5, 0.6) is 0 Å². The molecule has 0 aromatic carbocycles. The molecule has 0 saturated carbocycles. The van der Waals surface area contributed by atoms with E-state index in [0.29, 0.717) is 12.8 Å². The number of aryl methyl sites for hydroxylation is 1. The zero-order valence-corrected chi connectivity index (χ0v) is 14.5. The summed E-state index contributed by atoms with van der Waals surface area (Å²) in [6.07, 6.45) is 6.09. The van der Waals surface area contributed by atoms with E-state index in [1.807, 2.05) is 12.4 Å². The van der Waals surface area contributed by atoms with Gasteiger partial charge in [0, 0.05) is 38.8 Å². The summed E-state index contributed by atoms with van der Waals surface area (Å²) < 4.78 is 0. The lowest BCUT2D eigenvalue weighted by Gasteiger charge is -2.30. The molecule has 0 aliphatic carbocycles. The Hall–Kier alpha value is -2.48. The summed E-state index contributed by atoms with van der Waals surface area (Å²) in [6, 6.07) is 1.59. The van der Waals surface area contributed by atoms with Crippen LogP contribution in [0, 0.1) is 0 Å². The van der Waals surface area contributed by atoms with Gasteiger partial charge in [-0.2, -0.15) is 0 Å². The van der Waals surface area contributed by atoms with Crippen molar-refractivity contribution in [1.82, 2.24) is 20.9 Å². The molecule has 0 radical (unpaired) electrons. The first-order chi connectivity index (χ1) is 12.2. The first-order valence-corrected chi connectivity index (χ1v) is 8.57. The highest BCUT2D eigenvalue weighted by atomic mass is 16.2. The minimum Gasteiger partial charge on any atom is -0.368 e. The van der Waals surface area contributed by atoms with Crippen LogP contribution in [0.3, 0.4) is 0 Å². The highest BCUT2D eigenvalue weighted by Gasteiger charge is 2.25. The van der Waals surface area contributed by atoms with E-state index in [2.05, 4.69) is 38.8 Å². The van der Waals surface area contributed by atoms with Gasteiger partial charge >= 0.3 is 0 Å². The summed E-state index contributed by atoms with van der Waals surface area (Å²) in [5.41, 5.74) is 2.72. The summed E-state index contributed by atoms with van der Waals surface area (Å²) in [5.74, 6) is -0.702. The molecule has 3 rings (SSSR count). The highest BCUT2D eigenvalue weighted by Crippen LogP contribution is 2.19. The van der Waals surface area contributed by atoms with Gasteiger partial charge in [-0.05, 0) is 24.5 Å². The predicted octanol–water partition coefficient (Wildman–Crippen LogP) is -0.409. The number of aromatic nitrogens is 1. The number of nitrogens with zero attached hydrogens (tertiary/aromatic N) is 2. The van der Waals surface area contributed by atoms with Gasteiger partial charge in [-0.15, -0.1) is 0 Å². The molecule has 3 amide bonds. The smallest absolute Gasteiger partial charge is 0.249 e. The van der Waals surface area contributed by atoms with Gasteiger partial charge in [0.25, 0.3) is 0 Å². The van der Waals surface area contributed by atoms with E-state index < -0.39 is 11.9 Å². The van der Waals surface area contributed by atoms with E-state index >= 15 is 0 Å². The van der Waals surface area contributed by atoms with Gasteiger partial charge in [0.05, 0.1) is 11.9 Å². The van der Waals surface area contributed by atoms with Gasteiger partial charge in [0.15, 0.2) is 0 Å². The Morgan fingerprint density at radius 1 is 1.36 bits per heavy atom. The van der Waals surface area contributed by atoms with Crippen LogP contribution in [0.15, 0.2) is 18.5 Å². The molecule has 2 aliphatic heterocycles. The standard InChI is InChI=1S/C11H17N3.C6H8N2O3/c1-2-10-3-4-13-9-11(10)14-7-5-12-6-8-14;9-3-7-4-1-2-5(10)8-6(4)11/h3-4,9,12H,2,5-8H2,1H3;3-4H,1-2H2,(H,7,9)(H,8,10,11). The molecule has 2 saturated heterocycles. The Labute approximate surface area is 147 Å². The second-order valence-corrected chi connectivity index (χ2v) is 5.88. The second kappa shape index (κ2) is 9.73. The number of rotatable bonds is 4. The van der Waals surface area contributed by atoms with Crippen LogP contribution in [-0.2, 0) is 20.8 Å². The number of carbonyl (C=O) groups is 3. The third kappa shape index (κ3) is 5.53. The summed E-state index contributed by atoms with van der Waals surface area (Å²) >= 11 is 0. The van der Waals surface area contributed by atoms with Crippen molar-refractivity contribution in [3.05, 3.63) is 24.0 Å². The van der Waals surface area contributed by atoms with E-state index in [1.54, 1.807) is 0 Å². The number of imide groups is 1. The topological polar surface area (TPSA) is 103 Å². The lowest BCUT2D eigenvalue weighted by molar-refractivity contribution is -0.135.